The number of rotatable bonds is 6. The van der Waals surface area contributed by atoms with Crippen molar-refractivity contribution in [3.05, 3.63) is 59.8 Å². The lowest BCUT2D eigenvalue weighted by molar-refractivity contribution is -0.126. The normalized spacial score (nSPS) is 15.5. The van der Waals surface area contributed by atoms with Gasteiger partial charge in [-0.05, 0) is 50.2 Å². The molecule has 1 aromatic carbocycles. The first-order valence-electron chi connectivity index (χ1n) is 9.39. The fraction of sp³-hybridized carbons (Fsp3) is 0.350. The Bertz CT molecular complexity index is 946. The Kier molecular flexibility index (Phi) is 5.66. The molecule has 0 unspecified atom stereocenters. The van der Waals surface area contributed by atoms with Gasteiger partial charge in [-0.15, -0.1) is 0 Å². The molecule has 1 N–H and O–H groups in total. The predicted molar refractivity (Wildman–Crippen MR) is 98.2 cm³/mol. The van der Waals surface area contributed by atoms with E-state index in [1.807, 2.05) is 12.1 Å². The summed E-state index contributed by atoms with van der Waals surface area (Å²) in [6.07, 6.45) is 3.13. The van der Waals surface area contributed by atoms with E-state index in [1.165, 1.54) is 6.07 Å². The number of nitrogens with one attached hydrogen (secondary N) is 1. The van der Waals surface area contributed by atoms with Crippen molar-refractivity contribution >= 4 is 5.91 Å². The molecule has 3 aromatic rings. The molecular weight excluding hydrogens is 382 g/mol. The van der Waals surface area contributed by atoms with Gasteiger partial charge in [0, 0.05) is 5.92 Å². The highest BCUT2D eigenvalue weighted by Crippen LogP contribution is 2.24. The summed E-state index contributed by atoms with van der Waals surface area (Å²) in [4.78, 5) is 18.7. The Labute approximate surface area is 165 Å². The van der Waals surface area contributed by atoms with Crippen LogP contribution in [-0.4, -0.2) is 34.0 Å². The van der Waals surface area contributed by atoms with Crippen molar-refractivity contribution in [1.29, 1.82) is 0 Å². The minimum atomic E-state index is -0.787. The molecular formula is C20H20F2N4O3. The summed E-state index contributed by atoms with van der Waals surface area (Å²) in [6, 6.07) is 7.28. The summed E-state index contributed by atoms with van der Waals surface area (Å²) in [7, 11) is 0. The number of hydrogen-bond acceptors (Lipinski definition) is 6. The van der Waals surface area contributed by atoms with E-state index in [2.05, 4.69) is 20.4 Å². The Morgan fingerprint density at radius 1 is 1.17 bits per heavy atom. The first-order valence-corrected chi connectivity index (χ1v) is 9.39. The number of nitrogens with zero attached hydrogens (tertiary/aromatic N) is 3. The summed E-state index contributed by atoms with van der Waals surface area (Å²) in [5, 5.41) is 6.47. The SMILES string of the molecule is O=C(NCc1noc(-c2c(F)cccc2F)n1)C1CCN(Cc2ccco2)CC1. The van der Waals surface area contributed by atoms with Crippen LogP contribution in [0.1, 0.15) is 24.4 Å². The van der Waals surface area contributed by atoms with Crippen LogP contribution in [0, 0.1) is 17.6 Å². The molecule has 9 heteroatoms. The van der Waals surface area contributed by atoms with E-state index in [0.29, 0.717) is 0 Å². The van der Waals surface area contributed by atoms with Crippen molar-refractivity contribution < 1.29 is 22.5 Å². The Morgan fingerprint density at radius 3 is 2.62 bits per heavy atom. The molecule has 1 fully saturated rings. The van der Waals surface area contributed by atoms with Crippen LogP contribution < -0.4 is 5.32 Å². The van der Waals surface area contributed by atoms with Gasteiger partial charge in [-0.2, -0.15) is 4.98 Å². The van der Waals surface area contributed by atoms with Crippen LogP contribution in [0.15, 0.2) is 45.5 Å². The fourth-order valence-corrected chi connectivity index (χ4v) is 3.42. The van der Waals surface area contributed by atoms with E-state index in [4.69, 9.17) is 8.94 Å². The van der Waals surface area contributed by atoms with E-state index < -0.39 is 11.6 Å². The van der Waals surface area contributed by atoms with Gasteiger partial charge in [0.2, 0.25) is 5.91 Å². The largest absolute Gasteiger partial charge is 0.468 e. The zero-order chi connectivity index (χ0) is 20.2. The summed E-state index contributed by atoms with van der Waals surface area (Å²) < 4.78 is 37.9. The lowest BCUT2D eigenvalue weighted by Crippen LogP contribution is -2.40. The molecule has 0 radical (unpaired) electrons. The van der Waals surface area contributed by atoms with Crippen LogP contribution in [0.3, 0.4) is 0 Å². The third kappa shape index (κ3) is 4.51. The van der Waals surface area contributed by atoms with Crippen molar-refractivity contribution in [2.75, 3.05) is 13.1 Å². The second-order valence-corrected chi connectivity index (χ2v) is 6.96. The zero-order valence-corrected chi connectivity index (χ0v) is 15.6. The van der Waals surface area contributed by atoms with Crippen LogP contribution in [0.25, 0.3) is 11.5 Å². The van der Waals surface area contributed by atoms with Gasteiger partial charge in [0.1, 0.15) is 23.0 Å². The smallest absolute Gasteiger partial charge is 0.263 e. The average Bonchev–Trinajstić information content (AvgIpc) is 3.39. The molecule has 1 saturated heterocycles. The molecule has 152 valence electrons. The second kappa shape index (κ2) is 8.52. The highest BCUT2D eigenvalue weighted by Gasteiger charge is 2.26. The number of halogens is 2. The molecule has 7 nitrogen and oxygen atoms in total. The summed E-state index contributed by atoms with van der Waals surface area (Å²) in [6.45, 7) is 2.38. The lowest BCUT2D eigenvalue weighted by atomic mass is 9.96. The molecule has 4 rings (SSSR count). The molecule has 0 bridgehead atoms. The van der Waals surface area contributed by atoms with Gasteiger partial charge < -0.3 is 14.3 Å². The third-order valence-electron chi connectivity index (χ3n) is 4.98. The fourth-order valence-electron chi connectivity index (χ4n) is 3.42. The molecule has 0 atom stereocenters. The van der Waals surface area contributed by atoms with Gasteiger partial charge >= 0.3 is 0 Å². The first kappa shape index (κ1) is 19.3. The van der Waals surface area contributed by atoms with Crippen molar-refractivity contribution in [2.45, 2.75) is 25.9 Å². The van der Waals surface area contributed by atoms with E-state index in [1.54, 1.807) is 6.26 Å². The van der Waals surface area contributed by atoms with Crippen LogP contribution in [0.5, 0.6) is 0 Å². The number of amides is 1. The van der Waals surface area contributed by atoms with Gasteiger partial charge in [0.05, 0.1) is 19.4 Å². The van der Waals surface area contributed by atoms with Crippen LogP contribution in [0.2, 0.25) is 0 Å². The van der Waals surface area contributed by atoms with Crippen LogP contribution >= 0.6 is 0 Å². The molecule has 1 aliphatic rings. The highest BCUT2D eigenvalue weighted by atomic mass is 19.1. The van der Waals surface area contributed by atoms with E-state index >= 15 is 0 Å². The maximum Gasteiger partial charge on any atom is 0.263 e. The molecule has 2 aromatic heterocycles. The topological polar surface area (TPSA) is 84.4 Å². The zero-order valence-electron chi connectivity index (χ0n) is 15.6. The minimum absolute atomic E-state index is 0.0328. The molecule has 0 aliphatic carbocycles. The highest BCUT2D eigenvalue weighted by molar-refractivity contribution is 5.78. The molecule has 0 spiro atoms. The number of aromatic nitrogens is 2. The summed E-state index contributed by atoms with van der Waals surface area (Å²) in [5.41, 5.74) is -0.374. The predicted octanol–water partition coefficient (Wildman–Crippen LogP) is 3.14. The van der Waals surface area contributed by atoms with E-state index in [9.17, 15) is 13.6 Å². The number of furan rings is 1. The monoisotopic (exact) mass is 402 g/mol. The Morgan fingerprint density at radius 2 is 1.93 bits per heavy atom. The van der Waals surface area contributed by atoms with E-state index in [-0.39, 0.29) is 35.6 Å². The summed E-state index contributed by atoms with van der Waals surface area (Å²) in [5.74, 6) is -0.949. The Hall–Kier alpha value is -3.07. The van der Waals surface area contributed by atoms with Crippen molar-refractivity contribution in [1.82, 2.24) is 20.4 Å². The number of carbonyl (C=O) groups excluding carboxylic acids is 1. The standard InChI is InChI=1S/C20H20F2N4O3/c21-15-4-1-5-16(22)18(15)20-24-17(25-29-20)11-23-19(27)13-6-8-26(9-7-13)12-14-3-2-10-28-14/h1-5,10,13H,6-9,11-12H2,(H,23,27). The minimum Gasteiger partial charge on any atom is -0.468 e. The summed E-state index contributed by atoms with van der Waals surface area (Å²) >= 11 is 0. The molecule has 29 heavy (non-hydrogen) atoms. The number of piperidine rings is 1. The van der Waals surface area contributed by atoms with Gasteiger partial charge in [-0.1, -0.05) is 11.2 Å². The van der Waals surface area contributed by atoms with Gasteiger partial charge in [-0.25, -0.2) is 8.78 Å². The molecule has 1 amide bonds. The van der Waals surface area contributed by atoms with Crippen molar-refractivity contribution in [2.24, 2.45) is 5.92 Å². The molecule has 1 aliphatic heterocycles. The maximum atomic E-state index is 13.8. The first-order chi connectivity index (χ1) is 14.1. The number of carbonyl (C=O) groups is 1. The maximum absolute atomic E-state index is 13.8. The van der Waals surface area contributed by atoms with Gasteiger partial charge in [0.15, 0.2) is 5.82 Å². The van der Waals surface area contributed by atoms with Gasteiger partial charge in [0.25, 0.3) is 5.89 Å². The average molecular weight is 402 g/mol. The lowest BCUT2D eigenvalue weighted by Gasteiger charge is -2.30. The quantitative estimate of drug-likeness (QED) is 0.682. The number of benzene rings is 1. The van der Waals surface area contributed by atoms with Crippen LogP contribution in [-0.2, 0) is 17.9 Å². The van der Waals surface area contributed by atoms with Gasteiger partial charge in [-0.3, -0.25) is 9.69 Å². The van der Waals surface area contributed by atoms with Crippen LogP contribution in [0.4, 0.5) is 8.78 Å². The Balaban J connectivity index is 1.28. The van der Waals surface area contributed by atoms with Crippen molar-refractivity contribution in [3.8, 4) is 11.5 Å². The molecule has 0 saturated carbocycles. The molecule has 3 heterocycles. The number of hydrogen-bond donors (Lipinski definition) is 1. The number of likely N-dealkylation sites (tertiary alicyclic amines) is 1. The third-order valence-corrected chi connectivity index (χ3v) is 4.98. The van der Waals surface area contributed by atoms with Crippen molar-refractivity contribution in [3.63, 3.8) is 0 Å². The second-order valence-electron chi connectivity index (χ2n) is 6.96. The van der Waals surface area contributed by atoms with E-state index in [0.717, 1.165) is 50.4 Å².